The highest BCUT2D eigenvalue weighted by Crippen LogP contribution is 2.16. The second-order valence-corrected chi connectivity index (χ2v) is 3.76. The molecular formula is C10H15N3. The van der Waals surface area contributed by atoms with Gasteiger partial charge < -0.3 is 4.90 Å². The highest BCUT2D eigenvalue weighted by Gasteiger charge is 2.20. The predicted octanol–water partition coefficient (Wildman–Crippen LogP) is 1.38. The zero-order valence-corrected chi connectivity index (χ0v) is 8.03. The SMILES string of the molecule is CC(C#N)CN1CCCC(C#N)C1. The van der Waals surface area contributed by atoms with Gasteiger partial charge >= 0.3 is 0 Å². The van der Waals surface area contributed by atoms with Crippen molar-refractivity contribution in [3.8, 4) is 12.1 Å². The maximum atomic E-state index is 8.76. The number of nitriles is 2. The molecule has 0 amide bonds. The minimum Gasteiger partial charge on any atom is -0.301 e. The molecule has 2 unspecified atom stereocenters. The summed E-state index contributed by atoms with van der Waals surface area (Å²) in [6.07, 6.45) is 2.12. The van der Waals surface area contributed by atoms with Crippen molar-refractivity contribution in [3.05, 3.63) is 0 Å². The highest BCUT2D eigenvalue weighted by molar-refractivity contribution is 4.90. The largest absolute Gasteiger partial charge is 0.301 e. The Hall–Kier alpha value is -1.06. The van der Waals surface area contributed by atoms with E-state index >= 15 is 0 Å². The summed E-state index contributed by atoms with van der Waals surface area (Å²) in [6, 6.07) is 4.52. The molecule has 3 nitrogen and oxygen atoms in total. The Balaban J connectivity index is 2.36. The fraction of sp³-hybridized carbons (Fsp3) is 0.800. The van der Waals surface area contributed by atoms with Gasteiger partial charge in [0.2, 0.25) is 0 Å². The average Bonchev–Trinajstić information content (AvgIpc) is 2.18. The van der Waals surface area contributed by atoms with Gasteiger partial charge in [0.25, 0.3) is 0 Å². The third kappa shape index (κ3) is 3.05. The Morgan fingerprint density at radius 3 is 2.92 bits per heavy atom. The van der Waals surface area contributed by atoms with Gasteiger partial charge in [-0.15, -0.1) is 0 Å². The van der Waals surface area contributed by atoms with Crippen LogP contribution >= 0.6 is 0 Å². The molecule has 70 valence electrons. The molecule has 0 aliphatic carbocycles. The molecular weight excluding hydrogens is 162 g/mol. The maximum absolute atomic E-state index is 8.76. The van der Waals surface area contributed by atoms with Gasteiger partial charge in [-0.3, -0.25) is 0 Å². The van der Waals surface area contributed by atoms with Crippen LogP contribution in [0.3, 0.4) is 0 Å². The van der Waals surface area contributed by atoms with Crippen LogP contribution in [0.5, 0.6) is 0 Å². The molecule has 3 heteroatoms. The van der Waals surface area contributed by atoms with Crippen LogP contribution in [0.1, 0.15) is 19.8 Å². The monoisotopic (exact) mass is 177 g/mol. The summed E-state index contributed by atoms with van der Waals surface area (Å²) >= 11 is 0. The van der Waals surface area contributed by atoms with Crippen molar-refractivity contribution >= 4 is 0 Å². The van der Waals surface area contributed by atoms with Gasteiger partial charge in [0.1, 0.15) is 0 Å². The van der Waals surface area contributed by atoms with Gasteiger partial charge in [0.15, 0.2) is 0 Å². The third-order valence-electron chi connectivity index (χ3n) is 2.44. The summed E-state index contributed by atoms with van der Waals surface area (Å²) in [5, 5.41) is 17.4. The van der Waals surface area contributed by atoms with Crippen molar-refractivity contribution in [3.63, 3.8) is 0 Å². The van der Waals surface area contributed by atoms with E-state index in [1.165, 1.54) is 0 Å². The number of likely N-dealkylation sites (tertiary alicyclic amines) is 1. The first-order valence-corrected chi connectivity index (χ1v) is 4.78. The van der Waals surface area contributed by atoms with E-state index in [1.54, 1.807) is 0 Å². The van der Waals surface area contributed by atoms with Crippen LogP contribution in [0.2, 0.25) is 0 Å². The van der Waals surface area contributed by atoms with Gasteiger partial charge in [-0.1, -0.05) is 0 Å². The highest BCUT2D eigenvalue weighted by atomic mass is 15.1. The summed E-state index contributed by atoms with van der Waals surface area (Å²) < 4.78 is 0. The van der Waals surface area contributed by atoms with Crippen molar-refractivity contribution < 1.29 is 0 Å². The summed E-state index contributed by atoms with van der Waals surface area (Å²) in [7, 11) is 0. The number of hydrogen-bond donors (Lipinski definition) is 0. The lowest BCUT2D eigenvalue weighted by Crippen LogP contribution is -2.37. The Bertz CT molecular complexity index is 234. The molecule has 1 fully saturated rings. The van der Waals surface area contributed by atoms with E-state index in [4.69, 9.17) is 10.5 Å². The van der Waals surface area contributed by atoms with Crippen LogP contribution in [0, 0.1) is 34.5 Å². The minimum absolute atomic E-state index is 0.0810. The molecule has 2 atom stereocenters. The molecule has 0 radical (unpaired) electrons. The first-order chi connectivity index (χ1) is 6.26. The quantitative estimate of drug-likeness (QED) is 0.640. The first-order valence-electron chi connectivity index (χ1n) is 4.78. The van der Waals surface area contributed by atoms with Crippen LogP contribution in [0.4, 0.5) is 0 Å². The van der Waals surface area contributed by atoms with E-state index in [-0.39, 0.29) is 11.8 Å². The van der Waals surface area contributed by atoms with Crippen molar-refractivity contribution in [1.29, 1.82) is 10.5 Å². The fourth-order valence-corrected chi connectivity index (χ4v) is 1.75. The normalized spacial score (nSPS) is 25.9. The molecule has 1 aliphatic rings. The van der Waals surface area contributed by atoms with E-state index in [2.05, 4.69) is 17.0 Å². The molecule has 1 rings (SSSR count). The lowest BCUT2D eigenvalue weighted by atomic mass is 9.99. The Kier molecular flexibility index (Phi) is 3.73. The lowest BCUT2D eigenvalue weighted by molar-refractivity contribution is 0.188. The van der Waals surface area contributed by atoms with Gasteiger partial charge in [0, 0.05) is 13.1 Å². The molecule has 0 saturated carbocycles. The van der Waals surface area contributed by atoms with Crippen molar-refractivity contribution in [2.75, 3.05) is 19.6 Å². The Labute approximate surface area is 79.6 Å². The summed E-state index contributed by atoms with van der Waals surface area (Å²) in [4.78, 5) is 2.23. The number of nitrogens with zero attached hydrogens (tertiary/aromatic N) is 3. The number of rotatable bonds is 2. The summed E-state index contributed by atoms with van der Waals surface area (Å²) in [5.41, 5.74) is 0. The van der Waals surface area contributed by atoms with Crippen LogP contribution in [0.25, 0.3) is 0 Å². The van der Waals surface area contributed by atoms with Crippen LogP contribution < -0.4 is 0 Å². The Morgan fingerprint density at radius 1 is 1.54 bits per heavy atom. The van der Waals surface area contributed by atoms with Gasteiger partial charge in [-0.05, 0) is 26.3 Å². The van der Waals surface area contributed by atoms with E-state index in [1.807, 2.05) is 6.92 Å². The van der Waals surface area contributed by atoms with E-state index in [0.717, 1.165) is 32.5 Å². The van der Waals surface area contributed by atoms with Crippen LogP contribution in [-0.4, -0.2) is 24.5 Å². The molecule has 1 saturated heterocycles. The fourth-order valence-electron chi connectivity index (χ4n) is 1.75. The third-order valence-corrected chi connectivity index (χ3v) is 2.44. The second kappa shape index (κ2) is 4.84. The van der Waals surface area contributed by atoms with Crippen molar-refractivity contribution in [2.45, 2.75) is 19.8 Å². The maximum Gasteiger partial charge on any atom is 0.0669 e. The molecule has 0 bridgehead atoms. The average molecular weight is 177 g/mol. The number of hydrogen-bond acceptors (Lipinski definition) is 3. The van der Waals surface area contributed by atoms with E-state index < -0.39 is 0 Å². The molecule has 0 aromatic heterocycles. The standard InChI is InChI=1S/C10H15N3/c1-9(5-11)7-13-4-2-3-10(6-12)8-13/h9-10H,2-4,7-8H2,1H3. The van der Waals surface area contributed by atoms with Crippen molar-refractivity contribution in [2.24, 2.45) is 11.8 Å². The second-order valence-electron chi connectivity index (χ2n) is 3.76. The number of piperidine rings is 1. The van der Waals surface area contributed by atoms with E-state index in [0.29, 0.717) is 0 Å². The lowest BCUT2D eigenvalue weighted by Gasteiger charge is -2.29. The zero-order valence-electron chi connectivity index (χ0n) is 8.03. The van der Waals surface area contributed by atoms with Gasteiger partial charge in [-0.25, -0.2) is 0 Å². The predicted molar refractivity (Wildman–Crippen MR) is 49.6 cm³/mol. The Morgan fingerprint density at radius 2 is 2.31 bits per heavy atom. The van der Waals surface area contributed by atoms with E-state index in [9.17, 15) is 0 Å². The van der Waals surface area contributed by atoms with Gasteiger partial charge in [0.05, 0.1) is 24.0 Å². The summed E-state index contributed by atoms with van der Waals surface area (Å²) in [5.74, 6) is 0.261. The topological polar surface area (TPSA) is 50.8 Å². The van der Waals surface area contributed by atoms with Crippen LogP contribution in [0.15, 0.2) is 0 Å². The molecule has 0 aromatic carbocycles. The molecule has 13 heavy (non-hydrogen) atoms. The minimum atomic E-state index is 0.0810. The summed E-state index contributed by atoms with van der Waals surface area (Å²) in [6.45, 7) is 4.64. The zero-order chi connectivity index (χ0) is 9.68. The molecule has 1 heterocycles. The first kappa shape index (κ1) is 10.0. The molecule has 0 N–H and O–H groups in total. The van der Waals surface area contributed by atoms with Gasteiger partial charge in [-0.2, -0.15) is 10.5 Å². The van der Waals surface area contributed by atoms with Crippen LogP contribution in [-0.2, 0) is 0 Å². The molecule has 1 aliphatic heterocycles. The molecule has 0 aromatic rings. The molecule has 0 spiro atoms. The smallest absolute Gasteiger partial charge is 0.0669 e. The van der Waals surface area contributed by atoms with Crippen molar-refractivity contribution in [1.82, 2.24) is 4.90 Å².